The first-order valence-corrected chi connectivity index (χ1v) is 5.83. The summed E-state index contributed by atoms with van der Waals surface area (Å²) in [4.78, 5) is 12.0. The first-order chi connectivity index (χ1) is 8.52. The predicted octanol–water partition coefficient (Wildman–Crippen LogP) is 0.713. The maximum atomic E-state index is 12.0. The van der Waals surface area contributed by atoms with Gasteiger partial charge in [-0.2, -0.15) is 0 Å². The maximum absolute atomic E-state index is 12.0. The zero-order valence-electron chi connectivity index (χ0n) is 10.5. The lowest BCUT2D eigenvalue weighted by molar-refractivity contribution is -0.132. The summed E-state index contributed by atoms with van der Waals surface area (Å²) in [5, 5.41) is 11.8. The highest BCUT2D eigenvalue weighted by Crippen LogP contribution is 2.30. The molecule has 0 aliphatic carbocycles. The van der Waals surface area contributed by atoms with Gasteiger partial charge >= 0.3 is 0 Å². The van der Waals surface area contributed by atoms with Gasteiger partial charge in [0.05, 0.1) is 12.1 Å². The molecule has 1 atom stereocenters. The van der Waals surface area contributed by atoms with E-state index in [1.807, 2.05) is 12.1 Å². The molecule has 0 saturated heterocycles. The van der Waals surface area contributed by atoms with Crippen LogP contribution < -0.4 is 14.8 Å². The fourth-order valence-electron chi connectivity index (χ4n) is 1.60. The van der Waals surface area contributed by atoms with Crippen LogP contribution in [0.5, 0.6) is 11.5 Å². The minimum Gasteiger partial charge on any atom is -0.485 e. The molecule has 5 heteroatoms. The summed E-state index contributed by atoms with van der Waals surface area (Å²) in [5.41, 5.74) is -0.669. The summed E-state index contributed by atoms with van der Waals surface area (Å²) in [7, 11) is 0. The molecule has 1 aromatic carbocycles. The summed E-state index contributed by atoms with van der Waals surface area (Å²) in [6.45, 7) is 3.51. The third-order valence-corrected chi connectivity index (χ3v) is 2.66. The highest BCUT2D eigenvalue weighted by atomic mass is 16.6. The summed E-state index contributed by atoms with van der Waals surface area (Å²) < 4.78 is 11.0. The molecule has 2 rings (SSSR count). The summed E-state index contributed by atoms with van der Waals surface area (Å²) in [6.07, 6.45) is -0.689. The van der Waals surface area contributed by atoms with E-state index in [1.165, 1.54) is 0 Å². The first-order valence-electron chi connectivity index (χ1n) is 5.83. The Labute approximate surface area is 106 Å². The van der Waals surface area contributed by atoms with E-state index >= 15 is 0 Å². The number of carbonyl (C=O) groups excluding carboxylic acids is 1. The van der Waals surface area contributed by atoms with Crippen molar-refractivity contribution in [2.75, 3.05) is 13.2 Å². The average Bonchev–Trinajstić information content (AvgIpc) is 2.37. The molecule has 0 aromatic heterocycles. The number of benzene rings is 1. The second-order valence-electron chi connectivity index (χ2n) is 4.90. The predicted molar refractivity (Wildman–Crippen MR) is 65.7 cm³/mol. The quantitative estimate of drug-likeness (QED) is 0.830. The van der Waals surface area contributed by atoms with Gasteiger partial charge in [0, 0.05) is 0 Å². The minimum absolute atomic E-state index is 0.136. The number of hydrogen-bond acceptors (Lipinski definition) is 4. The van der Waals surface area contributed by atoms with E-state index < -0.39 is 11.6 Å². The SMILES string of the molecule is CC(C)(CO)NC(=O)[C@H]1COc2ccccc2O1. The lowest BCUT2D eigenvalue weighted by Crippen LogP contribution is -2.53. The van der Waals surface area contributed by atoms with Crippen LogP contribution in [0.25, 0.3) is 0 Å². The van der Waals surface area contributed by atoms with Crippen LogP contribution >= 0.6 is 0 Å². The first kappa shape index (κ1) is 12.7. The van der Waals surface area contributed by atoms with Crippen molar-refractivity contribution >= 4 is 5.91 Å². The Hall–Kier alpha value is -1.75. The van der Waals surface area contributed by atoms with Gasteiger partial charge in [-0.25, -0.2) is 0 Å². The molecule has 98 valence electrons. The summed E-state index contributed by atoms with van der Waals surface area (Å²) >= 11 is 0. The van der Waals surface area contributed by atoms with E-state index in [-0.39, 0.29) is 19.1 Å². The van der Waals surface area contributed by atoms with Gasteiger partial charge in [-0.1, -0.05) is 12.1 Å². The van der Waals surface area contributed by atoms with E-state index in [4.69, 9.17) is 14.6 Å². The standard InChI is InChI=1S/C13H17NO4/c1-13(2,8-15)14-12(16)11-7-17-9-5-3-4-6-10(9)18-11/h3-6,11,15H,7-8H2,1-2H3,(H,14,16)/t11-/m1/s1. The zero-order chi connectivity index (χ0) is 13.2. The van der Waals surface area contributed by atoms with E-state index in [9.17, 15) is 4.79 Å². The molecule has 1 aliphatic rings. The number of nitrogens with one attached hydrogen (secondary N) is 1. The number of fused-ring (bicyclic) bond motifs is 1. The average molecular weight is 251 g/mol. The number of rotatable bonds is 3. The second kappa shape index (κ2) is 4.86. The van der Waals surface area contributed by atoms with Crippen LogP contribution in [0.2, 0.25) is 0 Å². The van der Waals surface area contributed by atoms with Crippen LogP contribution in [0.1, 0.15) is 13.8 Å². The Bertz CT molecular complexity index is 444. The molecule has 0 unspecified atom stereocenters. The Balaban J connectivity index is 2.03. The van der Waals surface area contributed by atoms with Crippen molar-refractivity contribution in [3.63, 3.8) is 0 Å². The van der Waals surface area contributed by atoms with Crippen LogP contribution in [-0.2, 0) is 4.79 Å². The number of ether oxygens (including phenoxy) is 2. The third-order valence-electron chi connectivity index (χ3n) is 2.66. The molecule has 1 amide bonds. The highest BCUT2D eigenvalue weighted by Gasteiger charge is 2.30. The van der Waals surface area contributed by atoms with Crippen LogP contribution in [-0.4, -0.2) is 35.9 Å². The van der Waals surface area contributed by atoms with Crippen molar-refractivity contribution in [3.05, 3.63) is 24.3 Å². The van der Waals surface area contributed by atoms with Gasteiger partial charge in [0.15, 0.2) is 11.5 Å². The Morgan fingerprint density at radius 2 is 2.11 bits per heavy atom. The molecule has 18 heavy (non-hydrogen) atoms. The van der Waals surface area contributed by atoms with E-state index in [0.717, 1.165) is 0 Å². The van der Waals surface area contributed by atoms with E-state index in [1.54, 1.807) is 26.0 Å². The highest BCUT2D eigenvalue weighted by molar-refractivity contribution is 5.82. The number of aliphatic hydroxyl groups excluding tert-OH is 1. The van der Waals surface area contributed by atoms with Crippen molar-refractivity contribution in [2.24, 2.45) is 0 Å². The van der Waals surface area contributed by atoms with Crippen molar-refractivity contribution in [1.29, 1.82) is 0 Å². The lowest BCUT2D eigenvalue weighted by atomic mass is 10.1. The van der Waals surface area contributed by atoms with Gasteiger partial charge in [0.1, 0.15) is 6.61 Å². The Morgan fingerprint density at radius 1 is 1.44 bits per heavy atom. The van der Waals surface area contributed by atoms with Crippen molar-refractivity contribution in [2.45, 2.75) is 25.5 Å². The molecule has 0 saturated carbocycles. The normalized spacial score (nSPS) is 18.3. The summed E-state index contributed by atoms with van der Waals surface area (Å²) in [5.74, 6) is 0.914. The van der Waals surface area contributed by atoms with Gasteiger partial charge in [0.2, 0.25) is 6.10 Å². The monoisotopic (exact) mass is 251 g/mol. The number of para-hydroxylation sites is 2. The fraction of sp³-hybridized carbons (Fsp3) is 0.462. The maximum Gasteiger partial charge on any atom is 0.265 e. The number of hydrogen-bond donors (Lipinski definition) is 2. The molecule has 1 aliphatic heterocycles. The second-order valence-corrected chi connectivity index (χ2v) is 4.90. The van der Waals surface area contributed by atoms with Gasteiger partial charge in [-0.15, -0.1) is 0 Å². The molecule has 5 nitrogen and oxygen atoms in total. The van der Waals surface area contributed by atoms with Gasteiger partial charge in [0.25, 0.3) is 5.91 Å². The molecule has 1 heterocycles. The Kier molecular flexibility index (Phi) is 3.43. The smallest absolute Gasteiger partial charge is 0.265 e. The molecular formula is C13H17NO4. The van der Waals surface area contributed by atoms with Crippen molar-refractivity contribution in [1.82, 2.24) is 5.32 Å². The molecule has 0 radical (unpaired) electrons. The lowest BCUT2D eigenvalue weighted by Gasteiger charge is -2.29. The van der Waals surface area contributed by atoms with Gasteiger partial charge in [-0.05, 0) is 26.0 Å². The Morgan fingerprint density at radius 3 is 2.78 bits per heavy atom. The molecule has 1 aromatic rings. The van der Waals surface area contributed by atoms with Crippen molar-refractivity contribution in [3.8, 4) is 11.5 Å². The zero-order valence-corrected chi connectivity index (χ0v) is 10.5. The van der Waals surface area contributed by atoms with Crippen LogP contribution in [0.15, 0.2) is 24.3 Å². The molecule has 2 N–H and O–H groups in total. The number of amides is 1. The number of aliphatic hydroxyl groups is 1. The molecule has 0 spiro atoms. The van der Waals surface area contributed by atoms with Gasteiger partial charge < -0.3 is 19.9 Å². The molecule has 0 bridgehead atoms. The fourth-order valence-corrected chi connectivity index (χ4v) is 1.60. The summed E-state index contributed by atoms with van der Waals surface area (Å²) in [6, 6.07) is 7.21. The van der Waals surface area contributed by atoms with Crippen LogP contribution in [0.3, 0.4) is 0 Å². The van der Waals surface area contributed by atoms with Gasteiger partial charge in [-0.3, -0.25) is 4.79 Å². The molecular weight excluding hydrogens is 234 g/mol. The minimum atomic E-state index is -0.689. The van der Waals surface area contributed by atoms with Crippen LogP contribution in [0, 0.1) is 0 Å². The van der Waals surface area contributed by atoms with Crippen LogP contribution in [0.4, 0.5) is 0 Å². The topological polar surface area (TPSA) is 67.8 Å². The van der Waals surface area contributed by atoms with E-state index in [0.29, 0.717) is 11.5 Å². The number of carbonyl (C=O) groups is 1. The third kappa shape index (κ3) is 2.73. The van der Waals surface area contributed by atoms with Crippen molar-refractivity contribution < 1.29 is 19.4 Å². The van der Waals surface area contributed by atoms with E-state index in [2.05, 4.69) is 5.32 Å². The largest absolute Gasteiger partial charge is 0.485 e. The molecule has 0 fully saturated rings.